The average molecular weight is 290 g/mol. The summed E-state index contributed by atoms with van der Waals surface area (Å²) >= 11 is 0. The Morgan fingerprint density at radius 2 is 2.10 bits per heavy atom. The van der Waals surface area contributed by atoms with Gasteiger partial charge in [0.1, 0.15) is 12.1 Å². The second-order valence-electron chi connectivity index (χ2n) is 5.58. The van der Waals surface area contributed by atoms with Crippen molar-refractivity contribution in [1.29, 1.82) is 0 Å². The monoisotopic (exact) mass is 290 g/mol. The highest BCUT2D eigenvalue weighted by atomic mass is 16.6. The molecule has 0 aliphatic rings. The molecule has 3 N–H and O–H groups in total. The molecule has 0 atom stereocenters. The number of hydrogen-bond acceptors (Lipinski definition) is 4. The number of hydrogen-bond donors (Lipinski definition) is 3. The van der Waals surface area contributed by atoms with E-state index in [9.17, 15) is 9.59 Å². The third-order valence-electron chi connectivity index (χ3n) is 2.52. The third-order valence-corrected chi connectivity index (χ3v) is 2.52. The van der Waals surface area contributed by atoms with Crippen LogP contribution >= 0.6 is 0 Å². The number of alkyl carbamates (subject to hydrolysis) is 1. The first-order valence-corrected chi connectivity index (χ1v) is 6.53. The lowest BCUT2D eigenvalue weighted by atomic mass is 10.2. The summed E-state index contributed by atoms with van der Waals surface area (Å²) < 4.78 is 5.04. The number of ether oxygens (including phenoxy) is 1. The van der Waals surface area contributed by atoms with E-state index in [1.54, 1.807) is 39.1 Å². The van der Waals surface area contributed by atoms with Gasteiger partial charge in [-0.05, 0) is 39.0 Å². The van der Waals surface area contributed by atoms with E-state index in [0.29, 0.717) is 5.69 Å². The Kier molecular flexibility index (Phi) is 4.11. The molecule has 0 spiro atoms. The molecule has 2 aromatic rings. The number of rotatable bonds is 3. The van der Waals surface area contributed by atoms with Gasteiger partial charge in [0.25, 0.3) is 0 Å². The lowest BCUT2D eigenvalue weighted by Crippen LogP contribution is -2.37. The highest BCUT2D eigenvalue weighted by Crippen LogP contribution is 2.16. The van der Waals surface area contributed by atoms with Crippen LogP contribution in [0.3, 0.4) is 0 Å². The Balaban J connectivity index is 1.85. The van der Waals surface area contributed by atoms with Gasteiger partial charge in [-0.25, -0.2) is 4.79 Å². The van der Waals surface area contributed by atoms with Crippen LogP contribution in [0.2, 0.25) is 0 Å². The number of carbonyl (C=O) groups is 2. The molecule has 1 heterocycles. The van der Waals surface area contributed by atoms with Crippen molar-refractivity contribution in [2.24, 2.45) is 0 Å². The molecule has 2 rings (SSSR count). The molecule has 2 amide bonds. The topological polar surface area (TPSA) is 96.1 Å². The van der Waals surface area contributed by atoms with Gasteiger partial charge in [0.05, 0.1) is 11.7 Å². The largest absolute Gasteiger partial charge is 0.444 e. The fraction of sp³-hybridized carbons (Fsp3) is 0.357. The maximum absolute atomic E-state index is 11.7. The predicted octanol–water partition coefficient (Wildman–Crippen LogP) is 2.03. The van der Waals surface area contributed by atoms with Gasteiger partial charge < -0.3 is 15.4 Å². The van der Waals surface area contributed by atoms with E-state index < -0.39 is 11.7 Å². The van der Waals surface area contributed by atoms with E-state index in [-0.39, 0.29) is 12.5 Å². The zero-order chi connectivity index (χ0) is 15.5. The molecule has 0 fully saturated rings. The number of aromatic nitrogens is 2. The number of H-pyrrole nitrogens is 1. The third kappa shape index (κ3) is 4.48. The number of anilines is 1. The van der Waals surface area contributed by atoms with Crippen LogP contribution < -0.4 is 10.6 Å². The van der Waals surface area contributed by atoms with Crippen molar-refractivity contribution >= 4 is 28.6 Å². The van der Waals surface area contributed by atoms with Crippen LogP contribution in [-0.2, 0) is 9.53 Å². The summed E-state index contributed by atoms with van der Waals surface area (Å²) in [5.74, 6) is -0.334. The first-order chi connectivity index (χ1) is 9.83. The minimum atomic E-state index is -0.623. The highest BCUT2D eigenvalue weighted by molar-refractivity contribution is 5.95. The molecule has 112 valence electrons. The molecule has 21 heavy (non-hydrogen) atoms. The van der Waals surface area contributed by atoms with Gasteiger partial charge in [-0.1, -0.05) is 0 Å². The van der Waals surface area contributed by atoms with Crippen molar-refractivity contribution in [3.8, 4) is 0 Å². The van der Waals surface area contributed by atoms with Gasteiger partial charge in [0.15, 0.2) is 0 Å². The number of aromatic amines is 1. The Hall–Kier alpha value is -2.57. The molecule has 0 aliphatic carbocycles. The molecular weight excluding hydrogens is 272 g/mol. The van der Waals surface area contributed by atoms with Crippen LogP contribution in [0.15, 0.2) is 24.4 Å². The zero-order valence-electron chi connectivity index (χ0n) is 12.2. The van der Waals surface area contributed by atoms with Gasteiger partial charge in [0, 0.05) is 11.1 Å². The molecule has 1 aromatic heterocycles. The maximum atomic E-state index is 11.7. The minimum absolute atomic E-state index is 0.157. The number of fused-ring (bicyclic) bond motifs is 1. The quantitative estimate of drug-likeness (QED) is 0.805. The van der Waals surface area contributed by atoms with Gasteiger partial charge in [-0.3, -0.25) is 9.89 Å². The Morgan fingerprint density at radius 1 is 1.33 bits per heavy atom. The maximum Gasteiger partial charge on any atom is 0.408 e. The van der Waals surface area contributed by atoms with Crippen LogP contribution in [0, 0.1) is 0 Å². The zero-order valence-corrected chi connectivity index (χ0v) is 12.2. The van der Waals surface area contributed by atoms with Crippen LogP contribution in [-0.4, -0.2) is 34.3 Å². The Bertz CT molecular complexity index is 658. The van der Waals surface area contributed by atoms with Gasteiger partial charge >= 0.3 is 6.09 Å². The molecule has 0 saturated carbocycles. The summed E-state index contributed by atoms with van der Waals surface area (Å²) in [7, 11) is 0. The van der Waals surface area contributed by atoms with Crippen molar-refractivity contribution in [3.63, 3.8) is 0 Å². The molecule has 0 aliphatic heterocycles. The van der Waals surface area contributed by atoms with Crippen LogP contribution in [0.25, 0.3) is 10.9 Å². The first-order valence-electron chi connectivity index (χ1n) is 6.53. The molecule has 1 aromatic carbocycles. The van der Waals surface area contributed by atoms with E-state index in [2.05, 4.69) is 20.8 Å². The standard InChI is InChI=1S/C14H18N4O3/c1-14(2,3)21-13(20)15-8-12(19)17-10-5-4-9-7-16-18-11(9)6-10/h4-7H,8H2,1-3H3,(H,15,20)(H,16,18)(H,17,19). The van der Waals surface area contributed by atoms with Crippen LogP contribution in [0.4, 0.5) is 10.5 Å². The molecule has 0 saturated heterocycles. The Morgan fingerprint density at radius 3 is 2.81 bits per heavy atom. The summed E-state index contributed by atoms with van der Waals surface area (Å²) in [6, 6.07) is 5.38. The molecule has 7 nitrogen and oxygen atoms in total. The van der Waals surface area contributed by atoms with Crippen LogP contribution in [0.5, 0.6) is 0 Å². The summed E-state index contributed by atoms with van der Waals surface area (Å²) in [6.45, 7) is 5.11. The average Bonchev–Trinajstić information content (AvgIpc) is 2.81. The van der Waals surface area contributed by atoms with Crippen molar-refractivity contribution < 1.29 is 14.3 Å². The van der Waals surface area contributed by atoms with Crippen molar-refractivity contribution in [1.82, 2.24) is 15.5 Å². The van der Waals surface area contributed by atoms with E-state index in [4.69, 9.17) is 4.74 Å². The summed E-state index contributed by atoms with van der Waals surface area (Å²) in [6.07, 6.45) is 1.08. The second kappa shape index (κ2) is 5.82. The fourth-order valence-electron chi connectivity index (χ4n) is 1.69. The molecule has 0 unspecified atom stereocenters. The molecular formula is C14H18N4O3. The van der Waals surface area contributed by atoms with Crippen molar-refractivity contribution in [2.75, 3.05) is 11.9 Å². The van der Waals surface area contributed by atoms with Crippen molar-refractivity contribution in [2.45, 2.75) is 26.4 Å². The lowest BCUT2D eigenvalue weighted by Gasteiger charge is -2.19. The first kappa shape index (κ1) is 14.8. The SMILES string of the molecule is CC(C)(C)OC(=O)NCC(=O)Nc1ccc2cn[nH]c2c1. The normalized spacial score (nSPS) is 11.2. The van der Waals surface area contributed by atoms with Crippen molar-refractivity contribution in [3.05, 3.63) is 24.4 Å². The molecule has 7 heteroatoms. The number of nitrogens with zero attached hydrogens (tertiary/aromatic N) is 1. The number of amides is 2. The summed E-state index contributed by atoms with van der Waals surface area (Å²) in [4.78, 5) is 23.2. The van der Waals surface area contributed by atoms with Crippen LogP contribution in [0.1, 0.15) is 20.8 Å². The van der Waals surface area contributed by atoms with Gasteiger partial charge in [-0.15, -0.1) is 0 Å². The summed E-state index contributed by atoms with van der Waals surface area (Å²) in [5, 5.41) is 12.8. The minimum Gasteiger partial charge on any atom is -0.444 e. The summed E-state index contributed by atoms with van der Waals surface area (Å²) in [5.41, 5.74) is 0.863. The molecule has 0 bridgehead atoms. The lowest BCUT2D eigenvalue weighted by molar-refractivity contribution is -0.115. The van der Waals surface area contributed by atoms with E-state index in [1.807, 2.05) is 6.07 Å². The number of carbonyl (C=O) groups excluding carboxylic acids is 2. The van der Waals surface area contributed by atoms with E-state index in [0.717, 1.165) is 10.9 Å². The molecule has 0 radical (unpaired) electrons. The second-order valence-corrected chi connectivity index (χ2v) is 5.58. The fourth-order valence-corrected chi connectivity index (χ4v) is 1.69. The Labute approximate surface area is 122 Å². The number of nitrogens with one attached hydrogen (secondary N) is 3. The van der Waals surface area contributed by atoms with Gasteiger partial charge in [-0.2, -0.15) is 5.10 Å². The predicted molar refractivity (Wildman–Crippen MR) is 79.0 cm³/mol. The highest BCUT2D eigenvalue weighted by Gasteiger charge is 2.16. The van der Waals surface area contributed by atoms with E-state index in [1.165, 1.54) is 0 Å². The van der Waals surface area contributed by atoms with Gasteiger partial charge in [0.2, 0.25) is 5.91 Å². The smallest absolute Gasteiger partial charge is 0.408 e. The van der Waals surface area contributed by atoms with E-state index >= 15 is 0 Å². The number of benzene rings is 1.